The fraction of sp³-hybridized carbons (Fsp3) is 0.400. The second-order valence-corrected chi connectivity index (χ2v) is 8.83. The quantitative estimate of drug-likeness (QED) is 0.690. The molecule has 27 heavy (non-hydrogen) atoms. The minimum atomic E-state index is -0.548. The number of fused-ring (bicyclic) bond motifs is 3. The van der Waals surface area contributed by atoms with E-state index in [9.17, 15) is 9.90 Å². The molecular formula is C20H22ClN3O2S. The second kappa shape index (κ2) is 7.26. The Balaban J connectivity index is 1.95. The van der Waals surface area contributed by atoms with Gasteiger partial charge in [0.05, 0.1) is 17.2 Å². The summed E-state index contributed by atoms with van der Waals surface area (Å²) in [4.78, 5) is 20.3. The molecule has 1 aliphatic carbocycles. The Kier molecular flexibility index (Phi) is 4.97. The molecule has 0 aliphatic heterocycles. The first kappa shape index (κ1) is 18.5. The average Bonchev–Trinajstić information content (AvgIpc) is 2.99. The van der Waals surface area contributed by atoms with E-state index < -0.39 is 6.10 Å². The molecule has 0 saturated heterocycles. The van der Waals surface area contributed by atoms with Crippen LogP contribution in [0.15, 0.2) is 29.1 Å². The Morgan fingerprint density at radius 3 is 2.85 bits per heavy atom. The predicted molar refractivity (Wildman–Crippen MR) is 112 cm³/mol. The molecule has 0 spiro atoms. The number of hydrogen-bond donors (Lipinski definition) is 2. The molecule has 3 aromatic rings. The third-order valence-electron chi connectivity index (χ3n) is 4.97. The second-order valence-electron chi connectivity index (χ2n) is 7.31. The van der Waals surface area contributed by atoms with E-state index in [1.54, 1.807) is 35.0 Å². The number of benzene rings is 1. The number of nitrogens with one attached hydrogen (secondary N) is 1. The highest BCUT2D eigenvalue weighted by Crippen LogP contribution is 2.36. The van der Waals surface area contributed by atoms with Gasteiger partial charge in [-0.05, 0) is 61.9 Å². The summed E-state index contributed by atoms with van der Waals surface area (Å²) in [6, 6.07) is 7.15. The van der Waals surface area contributed by atoms with Gasteiger partial charge in [0.25, 0.3) is 5.56 Å². The van der Waals surface area contributed by atoms with Crippen LogP contribution in [0.3, 0.4) is 0 Å². The van der Waals surface area contributed by atoms with Crippen LogP contribution in [0.2, 0.25) is 5.02 Å². The van der Waals surface area contributed by atoms with Crippen LogP contribution in [0.25, 0.3) is 15.9 Å². The molecule has 7 heteroatoms. The van der Waals surface area contributed by atoms with Crippen LogP contribution in [-0.2, 0) is 12.8 Å². The highest BCUT2D eigenvalue weighted by molar-refractivity contribution is 7.18. The lowest BCUT2D eigenvalue weighted by Gasteiger charge is -2.18. The summed E-state index contributed by atoms with van der Waals surface area (Å²) in [6.07, 6.45) is 2.54. The standard InChI is InChI=1S/C20H22ClN3O2S/c1-11-3-8-16-15(9-11)17-18(27-16)23-20(22-10-12(2)25)24(19(17)26)14-6-4-13(21)5-7-14/h4-7,11-12,25H,3,8-10H2,1-2H3,(H,22,23)/t11-,12-/m0/s1. The molecule has 142 valence electrons. The Bertz CT molecular complexity index is 1040. The molecule has 0 saturated carbocycles. The highest BCUT2D eigenvalue weighted by atomic mass is 35.5. The van der Waals surface area contributed by atoms with Crippen molar-refractivity contribution in [2.24, 2.45) is 5.92 Å². The number of thiophene rings is 1. The monoisotopic (exact) mass is 403 g/mol. The summed E-state index contributed by atoms with van der Waals surface area (Å²) in [5.74, 6) is 1.02. The summed E-state index contributed by atoms with van der Waals surface area (Å²) in [5, 5.41) is 14.1. The number of nitrogens with zero attached hydrogens (tertiary/aromatic N) is 2. The maximum absolute atomic E-state index is 13.5. The zero-order valence-electron chi connectivity index (χ0n) is 15.3. The van der Waals surface area contributed by atoms with Gasteiger partial charge >= 0.3 is 0 Å². The first-order valence-corrected chi connectivity index (χ1v) is 10.4. The fourth-order valence-electron chi connectivity index (χ4n) is 3.58. The maximum Gasteiger partial charge on any atom is 0.268 e. The van der Waals surface area contributed by atoms with Crippen molar-refractivity contribution in [3.8, 4) is 5.69 Å². The number of aliphatic hydroxyl groups is 1. The smallest absolute Gasteiger partial charge is 0.268 e. The fourth-order valence-corrected chi connectivity index (χ4v) is 4.92. The topological polar surface area (TPSA) is 67.2 Å². The van der Waals surface area contributed by atoms with Crippen LogP contribution in [0, 0.1) is 5.92 Å². The van der Waals surface area contributed by atoms with Crippen molar-refractivity contribution in [3.63, 3.8) is 0 Å². The minimum Gasteiger partial charge on any atom is -0.392 e. The molecule has 4 rings (SSSR count). The van der Waals surface area contributed by atoms with Gasteiger partial charge in [-0.15, -0.1) is 11.3 Å². The van der Waals surface area contributed by atoms with E-state index in [0.717, 1.165) is 35.0 Å². The number of hydrogen-bond acceptors (Lipinski definition) is 5. The van der Waals surface area contributed by atoms with Crippen molar-refractivity contribution in [1.29, 1.82) is 0 Å². The van der Waals surface area contributed by atoms with Crippen LogP contribution in [-0.4, -0.2) is 27.3 Å². The predicted octanol–water partition coefficient (Wildman–Crippen LogP) is 4.02. The Morgan fingerprint density at radius 2 is 2.15 bits per heavy atom. The van der Waals surface area contributed by atoms with Gasteiger partial charge in [-0.25, -0.2) is 9.55 Å². The van der Waals surface area contributed by atoms with Gasteiger partial charge in [-0.1, -0.05) is 18.5 Å². The van der Waals surface area contributed by atoms with E-state index in [-0.39, 0.29) is 5.56 Å². The minimum absolute atomic E-state index is 0.0676. The van der Waals surface area contributed by atoms with E-state index in [2.05, 4.69) is 12.2 Å². The molecule has 0 radical (unpaired) electrons. The van der Waals surface area contributed by atoms with E-state index in [1.165, 1.54) is 4.88 Å². The molecule has 2 atom stereocenters. The van der Waals surface area contributed by atoms with E-state index in [0.29, 0.717) is 29.1 Å². The zero-order chi connectivity index (χ0) is 19.1. The van der Waals surface area contributed by atoms with Crippen molar-refractivity contribution in [2.75, 3.05) is 11.9 Å². The summed E-state index contributed by atoms with van der Waals surface area (Å²) in [7, 11) is 0. The van der Waals surface area contributed by atoms with E-state index in [4.69, 9.17) is 16.6 Å². The molecule has 0 amide bonds. The van der Waals surface area contributed by atoms with Crippen LogP contribution in [0.1, 0.15) is 30.7 Å². The Hall–Kier alpha value is -1.89. The van der Waals surface area contributed by atoms with Crippen molar-refractivity contribution < 1.29 is 5.11 Å². The molecular weight excluding hydrogens is 382 g/mol. The van der Waals surface area contributed by atoms with Crippen molar-refractivity contribution >= 4 is 39.1 Å². The lowest BCUT2D eigenvalue weighted by molar-refractivity contribution is 0.208. The lowest BCUT2D eigenvalue weighted by Crippen LogP contribution is -2.27. The van der Waals surface area contributed by atoms with Gasteiger partial charge in [0, 0.05) is 16.4 Å². The number of aryl methyl sites for hydroxylation is 1. The van der Waals surface area contributed by atoms with Gasteiger partial charge < -0.3 is 10.4 Å². The van der Waals surface area contributed by atoms with Crippen molar-refractivity contribution in [3.05, 3.63) is 50.1 Å². The molecule has 1 aromatic carbocycles. The third-order valence-corrected chi connectivity index (χ3v) is 6.40. The molecule has 0 fully saturated rings. The maximum atomic E-state index is 13.5. The van der Waals surface area contributed by atoms with Crippen molar-refractivity contribution in [1.82, 2.24) is 9.55 Å². The molecule has 2 aromatic heterocycles. The van der Waals surface area contributed by atoms with Gasteiger partial charge in [0.2, 0.25) is 5.95 Å². The Labute approximate surface area is 166 Å². The van der Waals surface area contributed by atoms with E-state index >= 15 is 0 Å². The SMILES string of the molecule is C[C@H]1CCc2sc3nc(NC[C@H](C)O)n(-c4ccc(Cl)cc4)c(=O)c3c2C1. The Morgan fingerprint density at radius 1 is 1.41 bits per heavy atom. The average molecular weight is 404 g/mol. The number of halogens is 1. The summed E-state index contributed by atoms with van der Waals surface area (Å²) < 4.78 is 1.59. The molecule has 0 bridgehead atoms. The summed E-state index contributed by atoms with van der Waals surface area (Å²) in [5.41, 5.74) is 1.80. The number of rotatable bonds is 4. The molecule has 0 unspecified atom stereocenters. The molecule has 2 N–H and O–H groups in total. The van der Waals surface area contributed by atoms with Gasteiger partial charge in [-0.3, -0.25) is 4.79 Å². The van der Waals surface area contributed by atoms with Crippen LogP contribution in [0.5, 0.6) is 0 Å². The largest absolute Gasteiger partial charge is 0.392 e. The number of aromatic nitrogens is 2. The zero-order valence-corrected chi connectivity index (χ0v) is 16.9. The molecule has 1 aliphatic rings. The van der Waals surface area contributed by atoms with Crippen molar-refractivity contribution in [2.45, 2.75) is 39.2 Å². The first-order valence-electron chi connectivity index (χ1n) is 9.19. The van der Waals surface area contributed by atoms with Gasteiger partial charge in [-0.2, -0.15) is 0 Å². The van der Waals surface area contributed by atoms with Crippen LogP contribution < -0.4 is 10.9 Å². The molecule has 5 nitrogen and oxygen atoms in total. The highest BCUT2D eigenvalue weighted by Gasteiger charge is 2.25. The first-order chi connectivity index (χ1) is 12.9. The normalized spacial score (nSPS) is 17.7. The summed E-state index contributed by atoms with van der Waals surface area (Å²) in [6.45, 7) is 4.24. The van der Waals surface area contributed by atoms with Crippen LogP contribution >= 0.6 is 22.9 Å². The van der Waals surface area contributed by atoms with Gasteiger partial charge in [0.1, 0.15) is 4.83 Å². The summed E-state index contributed by atoms with van der Waals surface area (Å²) >= 11 is 7.64. The lowest BCUT2D eigenvalue weighted by atomic mass is 9.89. The number of aliphatic hydroxyl groups excluding tert-OH is 1. The van der Waals surface area contributed by atoms with Gasteiger partial charge in [0.15, 0.2) is 0 Å². The molecule has 2 heterocycles. The number of anilines is 1. The third kappa shape index (κ3) is 3.49. The van der Waals surface area contributed by atoms with Crippen LogP contribution in [0.4, 0.5) is 5.95 Å². The van der Waals surface area contributed by atoms with E-state index in [1.807, 2.05) is 12.1 Å².